The first-order valence-corrected chi connectivity index (χ1v) is 5.48. The van der Waals surface area contributed by atoms with Crippen LogP contribution in [0, 0.1) is 0 Å². The summed E-state index contributed by atoms with van der Waals surface area (Å²) in [5, 5.41) is 0. The van der Waals surface area contributed by atoms with E-state index in [9.17, 15) is 4.79 Å². The fourth-order valence-electron chi connectivity index (χ4n) is 1.68. The van der Waals surface area contributed by atoms with Crippen LogP contribution in [0.2, 0.25) is 0 Å². The molecule has 0 bridgehead atoms. The molecule has 18 heavy (non-hydrogen) atoms. The van der Waals surface area contributed by atoms with E-state index in [0.717, 1.165) is 5.56 Å². The monoisotopic (exact) mass is 249 g/mol. The SMILES string of the molecule is COC(=O)C(=CN(C)C)c1ccc2c(c1)OCO2. The first-order chi connectivity index (χ1) is 8.61. The number of fused-ring (bicyclic) bond motifs is 1. The summed E-state index contributed by atoms with van der Waals surface area (Å²) in [6, 6.07) is 5.36. The predicted molar refractivity (Wildman–Crippen MR) is 66.2 cm³/mol. The lowest BCUT2D eigenvalue weighted by molar-refractivity contribution is -0.133. The highest BCUT2D eigenvalue weighted by Gasteiger charge is 2.18. The summed E-state index contributed by atoms with van der Waals surface area (Å²) in [6.07, 6.45) is 1.71. The predicted octanol–water partition coefficient (Wildman–Crippen LogP) is 1.49. The van der Waals surface area contributed by atoms with E-state index in [4.69, 9.17) is 14.2 Å². The molecule has 1 aromatic carbocycles. The highest BCUT2D eigenvalue weighted by atomic mass is 16.7. The van der Waals surface area contributed by atoms with Gasteiger partial charge in [-0.15, -0.1) is 0 Å². The first-order valence-electron chi connectivity index (χ1n) is 5.48. The zero-order valence-corrected chi connectivity index (χ0v) is 10.6. The molecule has 0 fully saturated rings. The van der Waals surface area contributed by atoms with Gasteiger partial charge in [0.05, 0.1) is 12.7 Å². The summed E-state index contributed by atoms with van der Waals surface area (Å²) in [5.41, 5.74) is 1.21. The number of carbonyl (C=O) groups excluding carboxylic acids is 1. The smallest absolute Gasteiger partial charge is 0.339 e. The van der Waals surface area contributed by atoms with Crippen LogP contribution in [0.15, 0.2) is 24.4 Å². The Morgan fingerprint density at radius 1 is 1.33 bits per heavy atom. The van der Waals surface area contributed by atoms with Gasteiger partial charge in [0.1, 0.15) is 0 Å². The van der Waals surface area contributed by atoms with E-state index in [-0.39, 0.29) is 12.8 Å². The Hall–Kier alpha value is -2.17. The van der Waals surface area contributed by atoms with E-state index in [1.54, 1.807) is 29.3 Å². The summed E-state index contributed by atoms with van der Waals surface area (Å²) in [7, 11) is 5.05. The van der Waals surface area contributed by atoms with Gasteiger partial charge < -0.3 is 19.1 Å². The van der Waals surface area contributed by atoms with Gasteiger partial charge in [0.25, 0.3) is 0 Å². The normalized spacial score (nSPS) is 13.4. The van der Waals surface area contributed by atoms with Crippen LogP contribution in [0.25, 0.3) is 5.57 Å². The van der Waals surface area contributed by atoms with Crippen molar-refractivity contribution in [2.24, 2.45) is 0 Å². The molecule has 0 saturated carbocycles. The fraction of sp³-hybridized carbons (Fsp3) is 0.308. The lowest BCUT2D eigenvalue weighted by atomic mass is 10.1. The van der Waals surface area contributed by atoms with Crippen molar-refractivity contribution in [3.05, 3.63) is 30.0 Å². The molecule has 0 aromatic heterocycles. The minimum Gasteiger partial charge on any atom is -0.465 e. The molecule has 0 amide bonds. The van der Waals surface area contributed by atoms with Crippen molar-refractivity contribution in [3.8, 4) is 11.5 Å². The van der Waals surface area contributed by atoms with Crippen LogP contribution in [0.4, 0.5) is 0 Å². The van der Waals surface area contributed by atoms with Crippen molar-refractivity contribution in [1.82, 2.24) is 4.90 Å². The van der Waals surface area contributed by atoms with Crippen LogP contribution in [-0.4, -0.2) is 38.9 Å². The highest BCUT2D eigenvalue weighted by Crippen LogP contribution is 2.34. The minimum absolute atomic E-state index is 0.212. The molecule has 0 radical (unpaired) electrons. The Labute approximate surface area is 106 Å². The van der Waals surface area contributed by atoms with Crippen molar-refractivity contribution in [2.75, 3.05) is 28.0 Å². The van der Waals surface area contributed by atoms with Crippen molar-refractivity contribution in [1.29, 1.82) is 0 Å². The van der Waals surface area contributed by atoms with Crippen LogP contribution < -0.4 is 9.47 Å². The summed E-state index contributed by atoms with van der Waals surface area (Å²) in [6.45, 7) is 0.212. The number of hydrogen-bond acceptors (Lipinski definition) is 5. The van der Waals surface area contributed by atoms with Gasteiger partial charge >= 0.3 is 5.97 Å². The van der Waals surface area contributed by atoms with Gasteiger partial charge in [0.15, 0.2) is 11.5 Å². The molecule has 1 aromatic rings. The molecule has 0 N–H and O–H groups in total. The number of ether oxygens (including phenoxy) is 3. The van der Waals surface area contributed by atoms with Gasteiger partial charge in [-0.3, -0.25) is 0 Å². The Morgan fingerprint density at radius 3 is 2.72 bits per heavy atom. The van der Waals surface area contributed by atoms with E-state index in [1.807, 2.05) is 14.1 Å². The maximum Gasteiger partial charge on any atom is 0.339 e. The number of benzene rings is 1. The van der Waals surface area contributed by atoms with E-state index >= 15 is 0 Å². The third-order valence-corrected chi connectivity index (χ3v) is 2.48. The van der Waals surface area contributed by atoms with Crippen LogP contribution in [0.3, 0.4) is 0 Å². The average molecular weight is 249 g/mol. The first kappa shape index (κ1) is 12.3. The third-order valence-electron chi connectivity index (χ3n) is 2.48. The molecule has 1 aliphatic heterocycles. The maximum atomic E-state index is 11.8. The van der Waals surface area contributed by atoms with Crippen LogP contribution in [-0.2, 0) is 9.53 Å². The van der Waals surface area contributed by atoms with Crippen molar-refractivity contribution in [2.45, 2.75) is 0 Å². The lowest BCUT2D eigenvalue weighted by Crippen LogP contribution is -2.10. The lowest BCUT2D eigenvalue weighted by Gasteiger charge is -2.11. The van der Waals surface area contributed by atoms with E-state index in [2.05, 4.69) is 0 Å². The molecule has 96 valence electrons. The van der Waals surface area contributed by atoms with Gasteiger partial charge in [-0.05, 0) is 17.7 Å². The second kappa shape index (κ2) is 5.00. The molecule has 5 nitrogen and oxygen atoms in total. The second-order valence-corrected chi connectivity index (χ2v) is 4.07. The van der Waals surface area contributed by atoms with Crippen molar-refractivity contribution < 1.29 is 19.0 Å². The quantitative estimate of drug-likeness (QED) is 0.600. The molecular weight excluding hydrogens is 234 g/mol. The number of carbonyl (C=O) groups is 1. The second-order valence-electron chi connectivity index (χ2n) is 4.07. The Kier molecular flexibility index (Phi) is 3.41. The van der Waals surface area contributed by atoms with Gasteiger partial charge in [-0.1, -0.05) is 6.07 Å². The Bertz CT molecular complexity index is 494. The molecule has 0 aliphatic carbocycles. The van der Waals surface area contributed by atoms with E-state index in [0.29, 0.717) is 17.1 Å². The molecule has 5 heteroatoms. The molecule has 2 rings (SSSR count). The van der Waals surface area contributed by atoms with Crippen molar-refractivity contribution >= 4 is 11.5 Å². The number of nitrogens with zero attached hydrogens (tertiary/aromatic N) is 1. The number of rotatable bonds is 3. The zero-order chi connectivity index (χ0) is 13.1. The topological polar surface area (TPSA) is 48.0 Å². The number of hydrogen-bond donors (Lipinski definition) is 0. The molecule has 0 spiro atoms. The standard InChI is InChI=1S/C13H15NO4/c1-14(2)7-10(13(15)16-3)9-4-5-11-12(6-9)18-8-17-11/h4-7H,8H2,1-3H3. The number of methoxy groups -OCH3 is 1. The average Bonchev–Trinajstić information content (AvgIpc) is 2.81. The van der Waals surface area contributed by atoms with Crippen LogP contribution >= 0.6 is 0 Å². The Balaban J connectivity index is 2.40. The van der Waals surface area contributed by atoms with Gasteiger partial charge in [-0.25, -0.2) is 4.79 Å². The summed E-state index contributed by atoms with van der Waals surface area (Å²) in [4.78, 5) is 13.5. The molecule has 1 aliphatic rings. The molecular formula is C13H15NO4. The van der Waals surface area contributed by atoms with Gasteiger partial charge in [0.2, 0.25) is 6.79 Å². The molecule has 0 atom stereocenters. The van der Waals surface area contributed by atoms with E-state index in [1.165, 1.54) is 7.11 Å². The van der Waals surface area contributed by atoms with Crippen LogP contribution in [0.5, 0.6) is 11.5 Å². The maximum absolute atomic E-state index is 11.8. The van der Waals surface area contributed by atoms with E-state index < -0.39 is 0 Å². The van der Waals surface area contributed by atoms with Crippen molar-refractivity contribution in [3.63, 3.8) is 0 Å². The largest absolute Gasteiger partial charge is 0.465 e. The molecule has 0 unspecified atom stereocenters. The van der Waals surface area contributed by atoms with Gasteiger partial charge in [-0.2, -0.15) is 0 Å². The molecule has 0 saturated heterocycles. The minimum atomic E-state index is -0.387. The third kappa shape index (κ3) is 2.40. The summed E-state index contributed by atoms with van der Waals surface area (Å²) >= 11 is 0. The fourth-order valence-corrected chi connectivity index (χ4v) is 1.68. The summed E-state index contributed by atoms with van der Waals surface area (Å²) < 4.78 is 15.3. The number of esters is 1. The zero-order valence-electron chi connectivity index (χ0n) is 10.6. The van der Waals surface area contributed by atoms with Crippen LogP contribution in [0.1, 0.15) is 5.56 Å². The molecule has 1 heterocycles. The summed E-state index contributed by atoms with van der Waals surface area (Å²) in [5.74, 6) is 0.941. The highest BCUT2D eigenvalue weighted by molar-refractivity contribution is 6.16. The van der Waals surface area contributed by atoms with Gasteiger partial charge in [0, 0.05) is 20.3 Å². The Morgan fingerprint density at radius 2 is 2.06 bits per heavy atom.